The Balaban J connectivity index is 2.35. The van der Waals surface area contributed by atoms with Crippen molar-refractivity contribution in [2.75, 3.05) is 0 Å². The van der Waals surface area contributed by atoms with Gasteiger partial charge >= 0.3 is 0 Å². The summed E-state index contributed by atoms with van der Waals surface area (Å²) in [6.45, 7) is 0. The summed E-state index contributed by atoms with van der Waals surface area (Å²) in [6, 6.07) is 0. The molecule has 0 heteroatoms. The quantitative estimate of drug-likeness (QED) is 0.472. The van der Waals surface area contributed by atoms with Crippen LogP contribution in [0.25, 0.3) is 0 Å². The Morgan fingerprint density at radius 2 is 1.33 bits per heavy atom. The van der Waals surface area contributed by atoms with Crippen LogP contribution in [0.4, 0.5) is 0 Å². The van der Waals surface area contributed by atoms with Crippen molar-refractivity contribution in [3.05, 3.63) is 60.8 Å². The molecule has 60 valence electrons. The lowest BCUT2D eigenvalue weighted by Gasteiger charge is -2.15. The van der Waals surface area contributed by atoms with Crippen molar-refractivity contribution in [1.29, 1.82) is 0 Å². The second-order valence-electron chi connectivity index (χ2n) is 3.14. The van der Waals surface area contributed by atoms with Gasteiger partial charge in [0, 0.05) is 5.41 Å². The molecule has 0 aromatic carbocycles. The molecule has 0 aliphatic heterocycles. The van der Waals surface area contributed by atoms with E-state index < -0.39 is 0 Å². The first-order chi connectivity index (χ1) is 5.91. The number of hydrogen-bond donors (Lipinski definition) is 0. The first kappa shape index (κ1) is 7.35. The van der Waals surface area contributed by atoms with E-state index >= 15 is 0 Å². The maximum Gasteiger partial charge on any atom is 0.0432 e. The van der Waals surface area contributed by atoms with E-state index in [1.165, 1.54) is 0 Å². The fourth-order valence-corrected chi connectivity index (χ4v) is 1.51. The summed E-state index contributed by atoms with van der Waals surface area (Å²) < 4.78 is 0. The molecular weight excluding hydrogens is 144 g/mol. The zero-order valence-corrected chi connectivity index (χ0v) is 6.98. The van der Waals surface area contributed by atoms with Crippen molar-refractivity contribution in [2.45, 2.75) is 6.42 Å². The molecule has 2 aliphatic rings. The molecule has 0 saturated carbocycles. The molecule has 0 atom stereocenters. The molecule has 1 spiro atoms. The lowest BCUT2D eigenvalue weighted by Crippen LogP contribution is -2.04. The third-order valence-corrected chi connectivity index (χ3v) is 2.19. The van der Waals surface area contributed by atoms with E-state index in [0.29, 0.717) is 0 Å². The van der Waals surface area contributed by atoms with Crippen molar-refractivity contribution >= 4 is 0 Å². The van der Waals surface area contributed by atoms with Crippen molar-refractivity contribution in [3.8, 4) is 0 Å². The summed E-state index contributed by atoms with van der Waals surface area (Å²) in [5, 5.41) is 0. The molecule has 2 rings (SSSR count). The van der Waals surface area contributed by atoms with Gasteiger partial charge in [0.05, 0.1) is 0 Å². The van der Waals surface area contributed by atoms with Crippen LogP contribution < -0.4 is 0 Å². The van der Waals surface area contributed by atoms with Crippen LogP contribution in [-0.2, 0) is 0 Å². The number of allylic oxidation sites excluding steroid dienone is 10. The highest BCUT2D eigenvalue weighted by atomic mass is 14.2. The molecule has 0 fully saturated rings. The Bertz CT molecular complexity index is 286. The Kier molecular flexibility index (Phi) is 1.83. The van der Waals surface area contributed by atoms with Gasteiger partial charge in [-0.3, -0.25) is 0 Å². The van der Waals surface area contributed by atoms with Gasteiger partial charge in [0.1, 0.15) is 0 Å². The highest BCUT2D eigenvalue weighted by molar-refractivity contribution is 5.38. The maximum absolute atomic E-state index is 2.24. The molecule has 0 unspecified atom stereocenters. The summed E-state index contributed by atoms with van der Waals surface area (Å²) in [7, 11) is 0. The van der Waals surface area contributed by atoms with Gasteiger partial charge in [0.2, 0.25) is 0 Å². The van der Waals surface area contributed by atoms with E-state index in [0.717, 1.165) is 6.42 Å². The minimum Gasteiger partial charge on any atom is -0.0832 e. The predicted octanol–water partition coefficient (Wildman–Crippen LogP) is 3.17. The molecule has 0 aromatic rings. The number of hydrogen-bond acceptors (Lipinski definition) is 0. The zero-order valence-electron chi connectivity index (χ0n) is 6.98. The number of rotatable bonds is 0. The van der Waals surface area contributed by atoms with Gasteiger partial charge in [-0.2, -0.15) is 0 Å². The van der Waals surface area contributed by atoms with E-state index in [1.54, 1.807) is 0 Å². The summed E-state index contributed by atoms with van der Waals surface area (Å²) >= 11 is 0. The lowest BCUT2D eigenvalue weighted by atomic mass is 9.88. The van der Waals surface area contributed by atoms with E-state index in [1.807, 2.05) is 0 Å². The van der Waals surface area contributed by atoms with E-state index in [-0.39, 0.29) is 5.41 Å². The van der Waals surface area contributed by atoms with Gasteiger partial charge in [-0.15, -0.1) is 0 Å². The Morgan fingerprint density at radius 1 is 0.667 bits per heavy atom. The monoisotopic (exact) mass is 156 g/mol. The molecule has 0 heterocycles. The summed E-state index contributed by atoms with van der Waals surface area (Å²) in [6.07, 6.45) is 22.7. The van der Waals surface area contributed by atoms with Crippen molar-refractivity contribution in [2.24, 2.45) is 5.41 Å². The zero-order chi connectivity index (χ0) is 8.28. The van der Waals surface area contributed by atoms with Gasteiger partial charge in [0.15, 0.2) is 0 Å². The standard InChI is InChI=1S/C12H12/c1-2-4-8-12(9-5-3-1)10-6-7-11-12/h1-2,4-11H,3H2. The lowest BCUT2D eigenvalue weighted by molar-refractivity contribution is 0.828. The Labute approximate surface area is 73.3 Å². The highest BCUT2D eigenvalue weighted by Gasteiger charge is 2.18. The first-order valence-corrected chi connectivity index (χ1v) is 4.30. The maximum atomic E-state index is 2.24. The third kappa shape index (κ3) is 1.33. The molecule has 12 heavy (non-hydrogen) atoms. The molecule has 0 nitrogen and oxygen atoms in total. The van der Waals surface area contributed by atoms with Crippen LogP contribution >= 0.6 is 0 Å². The first-order valence-electron chi connectivity index (χ1n) is 4.30. The summed E-state index contributed by atoms with van der Waals surface area (Å²) in [5.74, 6) is 0. The topological polar surface area (TPSA) is 0 Å². The van der Waals surface area contributed by atoms with Crippen molar-refractivity contribution in [1.82, 2.24) is 0 Å². The summed E-state index contributed by atoms with van der Waals surface area (Å²) in [5.41, 5.74) is 0.0742. The average molecular weight is 156 g/mol. The van der Waals surface area contributed by atoms with Crippen LogP contribution in [0, 0.1) is 5.41 Å². The summed E-state index contributed by atoms with van der Waals surface area (Å²) in [4.78, 5) is 0. The van der Waals surface area contributed by atoms with Crippen molar-refractivity contribution in [3.63, 3.8) is 0 Å². The SMILES string of the molecule is C1=CCC=CC2(C=C1)C=CC=C2. The largest absolute Gasteiger partial charge is 0.0832 e. The van der Waals surface area contributed by atoms with Crippen LogP contribution in [-0.4, -0.2) is 0 Å². The van der Waals surface area contributed by atoms with Crippen molar-refractivity contribution < 1.29 is 0 Å². The van der Waals surface area contributed by atoms with Gasteiger partial charge in [-0.1, -0.05) is 60.8 Å². The van der Waals surface area contributed by atoms with Crippen LogP contribution in [0.15, 0.2) is 60.8 Å². The molecule has 0 aromatic heterocycles. The fraction of sp³-hybridized carbons (Fsp3) is 0.167. The fourth-order valence-electron chi connectivity index (χ4n) is 1.51. The molecule has 2 aliphatic carbocycles. The Morgan fingerprint density at radius 3 is 2.08 bits per heavy atom. The van der Waals surface area contributed by atoms with E-state index in [2.05, 4.69) is 60.8 Å². The van der Waals surface area contributed by atoms with Crippen LogP contribution in [0.2, 0.25) is 0 Å². The average Bonchev–Trinajstić information content (AvgIpc) is 2.47. The molecular formula is C12H12. The smallest absolute Gasteiger partial charge is 0.0432 e. The van der Waals surface area contributed by atoms with Gasteiger partial charge < -0.3 is 0 Å². The van der Waals surface area contributed by atoms with Gasteiger partial charge in [-0.25, -0.2) is 0 Å². The van der Waals surface area contributed by atoms with E-state index in [9.17, 15) is 0 Å². The predicted molar refractivity (Wildman–Crippen MR) is 52.8 cm³/mol. The van der Waals surface area contributed by atoms with Gasteiger partial charge in [0.25, 0.3) is 0 Å². The van der Waals surface area contributed by atoms with Crippen LogP contribution in [0.1, 0.15) is 6.42 Å². The minimum absolute atomic E-state index is 0.0742. The Hall–Kier alpha value is -1.30. The van der Waals surface area contributed by atoms with Crippen LogP contribution in [0.3, 0.4) is 0 Å². The second-order valence-corrected chi connectivity index (χ2v) is 3.14. The normalized spacial score (nSPS) is 23.3. The molecule has 0 amide bonds. The molecule has 0 bridgehead atoms. The molecule has 0 N–H and O–H groups in total. The van der Waals surface area contributed by atoms with Crippen LogP contribution in [0.5, 0.6) is 0 Å². The third-order valence-electron chi connectivity index (χ3n) is 2.19. The molecule has 0 saturated heterocycles. The highest BCUT2D eigenvalue weighted by Crippen LogP contribution is 2.30. The molecule has 0 radical (unpaired) electrons. The van der Waals surface area contributed by atoms with Gasteiger partial charge in [-0.05, 0) is 6.42 Å². The minimum atomic E-state index is 0.0742. The second kappa shape index (κ2) is 2.98. The van der Waals surface area contributed by atoms with E-state index in [4.69, 9.17) is 0 Å².